The Morgan fingerprint density at radius 2 is 2.00 bits per heavy atom. The highest BCUT2D eigenvalue weighted by Crippen LogP contribution is 2.24. The average molecular weight is 204 g/mol. The number of hydrogen-bond donors (Lipinski definition) is 1. The smallest absolute Gasteiger partial charge is 0.0173 e. The van der Waals surface area contributed by atoms with E-state index in [0.717, 1.165) is 13.1 Å². The van der Waals surface area contributed by atoms with Crippen LogP contribution in [0.2, 0.25) is 0 Å². The maximum absolute atomic E-state index is 5.56. The standard InChI is InChI=1S/C11H22ClN/c1-9(2)11(4,5)8-13-7-10(3)6-12/h6,9,13H,7-8H2,1-5H3. The quantitative estimate of drug-likeness (QED) is 0.723. The first kappa shape index (κ1) is 13.0. The van der Waals surface area contributed by atoms with Gasteiger partial charge in [0, 0.05) is 18.6 Å². The van der Waals surface area contributed by atoms with Gasteiger partial charge in [-0.05, 0) is 23.8 Å². The van der Waals surface area contributed by atoms with Crippen molar-refractivity contribution in [3.63, 3.8) is 0 Å². The molecule has 0 fully saturated rings. The molecular weight excluding hydrogens is 182 g/mol. The van der Waals surface area contributed by atoms with Crippen LogP contribution in [0.3, 0.4) is 0 Å². The van der Waals surface area contributed by atoms with E-state index < -0.39 is 0 Å². The Kier molecular flexibility index (Phi) is 5.66. The van der Waals surface area contributed by atoms with E-state index in [4.69, 9.17) is 11.6 Å². The lowest BCUT2D eigenvalue weighted by molar-refractivity contribution is 0.241. The van der Waals surface area contributed by atoms with Gasteiger partial charge >= 0.3 is 0 Å². The van der Waals surface area contributed by atoms with Gasteiger partial charge in [0.1, 0.15) is 0 Å². The number of rotatable bonds is 5. The van der Waals surface area contributed by atoms with Crippen molar-refractivity contribution in [3.05, 3.63) is 11.1 Å². The second kappa shape index (κ2) is 5.66. The van der Waals surface area contributed by atoms with Gasteiger partial charge < -0.3 is 5.32 Å². The molecule has 2 heteroatoms. The Morgan fingerprint density at radius 1 is 1.46 bits per heavy atom. The third-order valence-corrected chi connectivity index (χ3v) is 3.11. The molecule has 78 valence electrons. The van der Waals surface area contributed by atoms with Crippen LogP contribution in [-0.4, -0.2) is 13.1 Å². The first-order chi connectivity index (χ1) is 5.90. The summed E-state index contributed by atoms with van der Waals surface area (Å²) >= 11 is 5.56. The Balaban J connectivity index is 3.76. The zero-order valence-corrected chi connectivity index (χ0v) is 10.2. The molecule has 0 aliphatic carbocycles. The largest absolute Gasteiger partial charge is 0.312 e. The van der Waals surface area contributed by atoms with Crippen LogP contribution in [0, 0.1) is 11.3 Å². The molecule has 0 rings (SSSR count). The molecule has 0 atom stereocenters. The number of hydrogen-bond acceptors (Lipinski definition) is 1. The second-order valence-corrected chi connectivity index (χ2v) is 4.92. The van der Waals surface area contributed by atoms with Crippen molar-refractivity contribution >= 4 is 11.6 Å². The molecule has 0 bridgehead atoms. The molecule has 0 aromatic heterocycles. The highest BCUT2D eigenvalue weighted by Gasteiger charge is 2.21. The summed E-state index contributed by atoms with van der Waals surface area (Å²) in [4.78, 5) is 0. The molecule has 0 amide bonds. The Morgan fingerprint density at radius 3 is 2.38 bits per heavy atom. The van der Waals surface area contributed by atoms with Crippen LogP contribution < -0.4 is 5.32 Å². The highest BCUT2D eigenvalue weighted by molar-refractivity contribution is 6.25. The summed E-state index contributed by atoms with van der Waals surface area (Å²) in [6.07, 6.45) is 0. The fraction of sp³-hybridized carbons (Fsp3) is 0.818. The first-order valence-corrected chi connectivity index (χ1v) is 5.30. The molecule has 0 aromatic rings. The predicted molar refractivity (Wildman–Crippen MR) is 61.1 cm³/mol. The molecule has 13 heavy (non-hydrogen) atoms. The monoisotopic (exact) mass is 203 g/mol. The molecule has 0 radical (unpaired) electrons. The van der Waals surface area contributed by atoms with Crippen molar-refractivity contribution in [1.29, 1.82) is 0 Å². The minimum absolute atomic E-state index is 0.354. The van der Waals surface area contributed by atoms with Gasteiger partial charge in [-0.25, -0.2) is 0 Å². The van der Waals surface area contributed by atoms with Crippen molar-refractivity contribution in [2.45, 2.75) is 34.6 Å². The number of nitrogens with one attached hydrogen (secondary N) is 1. The summed E-state index contributed by atoms with van der Waals surface area (Å²) in [6, 6.07) is 0. The van der Waals surface area contributed by atoms with Crippen molar-refractivity contribution < 1.29 is 0 Å². The van der Waals surface area contributed by atoms with Crippen LogP contribution in [0.25, 0.3) is 0 Å². The van der Waals surface area contributed by atoms with Crippen molar-refractivity contribution in [2.24, 2.45) is 11.3 Å². The van der Waals surface area contributed by atoms with E-state index in [1.165, 1.54) is 5.57 Å². The lowest BCUT2D eigenvalue weighted by atomic mass is 9.81. The van der Waals surface area contributed by atoms with E-state index in [1.54, 1.807) is 5.54 Å². The lowest BCUT2D eigenvalue weighted by Crippen LogP contribution is -2.34. The summed E-state index contributed by atoms with van der Waals surface area (Å²) in [5, 5.41) is 3.40. The Bertz CT molecular complexity index is 171. The summed E-state index contributed by atoms with van der Waals surface area (Å²) in [6.45, 7) is 13.0. The third-order valence-electron chi connectivity index (χ3n) is 2.73. The SMILES string of the molecule is CC(=CCl)CNCC(C)(C)C(C)C. The van der Waals surface area contributed by atoms with E-state index in [2.05, 4.69) is 33.0 Å². The minimum atomic E-state index is 0.354. The molecule has 1 nitrogen and oxygen atoms in total. The third kappa shape index (κ3) is 5.33. The zero-order chi connectivity index (χ0) is 10.5. The minimum Gasteiger partial charge on any atom is -0.312 e. The van der Waals surface area contributed by atoms with Crippen LogP contribution >= 0.6 is 11.6 Å². The highest BCUT2D eigenvalue weighted by atomic mass is 35.5. The van der Waals surface area contributed by atoms with Crippen molar-refractivity contribution in [3.8, 4) is 0 Å². The maximum atomic E-state index is 5.56. The summed E-state index contributed by atoms with van der Waals surface area (Å²) in [7, 11) is 0. The molecule has 0 aromatic carbocycles. The van der Waals surface area contributed by atoms with Gasteiger partial charge in [-0.3, -0.25) is 0 Å². The summed E-state index contributed by atoms with van der Waals surface area (Å²) < 4.78 is 0. The summed E-state index contributed by atoms with van der Waals surface area (Å²) in [5.74, 6) is 0.695. The van der Waals surface area contributed by atoms with E-state index >= 15 is 0 Å². The van der Waals surface area contributed by atoms with Crippen LogP contribution in [0.5, 0.6) is 0 Å². The van der Waals surface area contributed by atoms with Gasteiger partial charge in [-0.2, -0.15) is 0 Å². The van der Waals surface area contributed by atoms with Gasteiger partial charge in [-0.15, -0.1) is 0 Å². The fourth-order valence-corrected chi connectivity index (χ4v) is 0.902. The average Bonchev–Trinajstić information content (AvgIpc) is 2.03. The first-order valence-electron chi connectivity index (χ1n) is 4.86. The molecule has 0 spiro atoms. The Hall–Kier alpha value is -0.0100. The second-order valence-electron chi connectivity index (χ2n) is 4.70. The van der Waals surface area contributed by atoms with Gasteiger partial charge in [0.2, 0.25) is 0 Å². The molecule has 0 unspecified atom stereocenters. The van der Waals surface area contributed by atoms with E-state index in [-0.39, 0.29) is 0 Å². The normalized spacial score (nSPS) is 13.9. The van der Waals surface area contributed by atoms with Gasteiger partial charge in [0.15, 0.2) is 0 Å². The van der Waals surface area contributed by atoms with Gasteiger partial charge in [0.25, 0.3) is 0 Å². The van der Waals surface area contributed by atoms with E-state index in [9.17, 15) is 0 Å². The predicted octanol–water partition coefficient (Wildman–Crippen LogP) is 3.40. The Labute approximate surface area is 87.6 Å². The summed E-state index contributed by atoms with van der Waals surface area (Å²) in [5.41, 5.74) is 3.17. The van der Waals surface area contributed by atoms with E-state index in [1.807, 2.05) is 6.92 Å². The van der Waals surface area contributed by atoms with Crippen molar-refractivity contribution in [1.82, 2.24) is 5.32 Å². The van der Waals surface area contributed by atoms with Crippen LogP contribution in [0.15, 0.2) is 11.1 Å². The number of halogens is 1. The van der Waals surface area contributed by atoms with Crippen LogP contribution in [-0.2, 0) is 0 Å². The molecule has 0 aliphatic rings. The zero-order valence-electron chi connectivity index (χ0n) is 9.45. The van der Waals surface area contributed by atoms with Crippen LogP contribution in [0.1, 0.15) is 34.6 Å². The molecule has 1 N–H and O–H groups in total. The molecule has 0 heterocycles. The maximum Gasteiger partial charge on any atom is 0.0173 e. The van der Waals surface area contributed by atoms with Crippen LogP contribution in [0.4, 0.5) is 0 Å². The fourth-order valence-electron chi connectivity index (χ4n) is 0.825. The molecule has 0 saturated carbocycles. The van der Waals surface area contributed by atoms with Gasteiger partial charge in [0.05, 0.1) is 0 Å². The molecule has 0 aliphatic heterocycles. The lowest BCUT2D eigenvalue weighted by Gasteiger charge is -2.29. The van der Waals surface area contributed by atoms with E-state index in [0.29, 0.717) is 11.3 Å². The molecular formula is C11H22ClN. The van der Waals surface area contributed by atoms with Gasteiger partial charge in [-0.1, -0.05) is 39.3 Å². The van der Waals surface area contributed by atoms with Crippen molar-refractivity contribution in [2.75, 3.05) is 13.1 Å². The molecule has 0 saturated heterocycles. The topological polar surface area (TPSA) is 12.0 Å².